The Labute approximate surface area is 154 Å². The van der Waals surface area contributed by atoms with Gasteiger partial charge < -0.3 is 19.9 Å². The summed E-state index contributed by atoms with van der Waals surface area (Å²) in [4.78, 5) is 24.0. The Morgan fingerprint density at radius 3 is 2.85 bits per heavy atom. The molecule has 1 amide bonds. The third kappa shape index (κ3) is 5.06. The largest absolute Gasteiger partial charge is 0.463 e. The highest BCUT2D eigenvalue weighted by Gasteiger charge is 2.29. The molecule has 7 heteroatoms. The number of rotatable bonds is 6. The molecule has 1 aliphatic heterocycles. The van der Waals surface area contributed by atoms with E-state index in [0.29, 0.717) is 30.7 Å². The number of hydrogen-bond donors (Lipinski definition) is 2. The van der Waals surface area contributed by atoms with E-state index in [1.54, 1.807) is 6.07 Å². The Bertz CT molecular complexity index is 610. The van der Waals surface area contributed by atoms with Gasteiger partial charge in [0.05, 0.1) is 12.8 Å². The molecule has 7 nitrogen and oxygen atoms in total. The maximum absolute atomic E-state index is 12.5. The second-order valence-electron chi connectivity index (χ2n) is 7.50. The van der Waals surface area contributed by atoms with Crippen molar-refractivity contribution in [1.29, 1.82) is 0 Å². The lowest BCUT2D eigenvalue weighted by Gasteiger charge is -2.32. The van der Waals surface area contributed by atoms with Crippen molar-refractivity contribution in [3.8, 4) is 0 Å². The van der Waals surface area contributed by atoms with Gasteiger partial charge in [-0.15, -0.1) is 0 Å². The van der Waals surface area contributed by atoms with Crippen molar-refractivity contribution in [3.63, 3.8) is 0 Å². The summed E-state index contributed by atoms with van der Waals surface area (Å²) in [5, 5.41) is 10.6. The summed E-state index contributed by atoms with van der Waals surface area (Å²) in [6, 6.07) is 1.99. The first kappa shape index (κ1) is 18.9. The fourth-order valence-electron chi connectivity index (χ4n) is 4.13. The van der Waals surface area contributed by atoms with Gasteiger partial charge in [0.15, 0.2) is 0 Å². The predicted octanol–water partition coefficient (Wildman–Crippen LogP) is 2.07. The average Bonchev–Trinajstić information content (AvgIpc) is 3.12. The summed E-state index contributed by atoms with van der Waals surface area (Å²) in [6.07, 6.45) is 8.16. The number of carbonyl (C=O) groups is 2. The van der Waals surface area contributed by atoms with Crippen LogP contribution in [0.25, 0.3) is 0 Å². The Morgan fingerprint density at radius 2 is 2.08 bits per heavy atom. The zero-order chi connectivity index (χ0) is 18.4. The van der Waals surface area contributed by atoms with E-state index in [2.05, 4.69) is 20.5 Å². The zero-order valence-electron chi connectivity index (χ0n) is 15.5. The number of piperidine rings is 1. The molecule has 1 aromatic heterocycles. The normalized spacial score (nSPS) is 24.2. The molecule has 0 aromatic carbocycles. The maximum Gasteiger partial charge on any atom is 0.376 e. The van der Waals surface area contributed by atoms with E-state index < -0.39 is 5.97 Å². The topological polar surface area (TPSA) is 93.5 Å². The van der Waals surface area contributed by atoms with Gasteiger partial charge in [0, 0.05) is 18.5 Å². The zero-order valence-corrected chi connectivity index (χ0v) is 15.5. The fraction of sp³-hybridized carbons (Fsp3) is 0.737. The lowest BCUT2D eigenvalue weighted by atomic mass is 9.81. The van der Waals surface area contributed by atoms with Crippen LogP contribution in [0.1, 0.15) is 61.2 Å². The Hall–Kier alpha value is -1.89. The fourth-order valence-corrected chi connectivity index (χ4v) is 4.13. The molecule has 3 rings (SSSR count). The van der Waals surface area contributed by atoms with Crippen molar-refractivity contribution in [3.05, 3.63) is 17.5 Å². The van der Waals surface area contributed by atoms with Crippen LogP contribution in [-0.2, 0) is 16.0 Å². The number of nitrogens with zero attached hydrogens (tertiary/aromatic N) is 1. The summed E-state index contributed by atoms with van der Waals surface area (Å²) in [6.45, 7) is 1.78. The highest BCUT2D eigenvalue weighted by atomic mass is 16.5. The molecule has 1 saturated carbocycles. The quantitative estimate of drug-likeness (QED) is 0.752. The first-order valence-electron chi connectivity index (χ1n) is 9.69. The molecule has 2 aliphatic rings. The number of aromatic nitrogens is 1. The minimum atomic E-state index is -0.520. The smallest absolute Gasteiger partial charge is 0.376 e. The predicted molar refractivity (Wildman–Crippen MR) is 95.6 cm³/mol. The molecule has 144 valence electrons. The third-order valence-electron chi connectivity index (χ3n) is 5.60. The van der Waals surface area contributed by atoms with Crippen LogP contribution in [0.3, 0.4) is 0 Å². The van der Waals surface area contributed by atoms with E-state index in [1.807, 2.05) is 0 Å². The van der Waals surface area contributed by atoms with E-state index in [-0.39, 0.29) is 11.7 Å². The first-order valence-corrected chi connectivity index (χ1v) is 9.69. The molecular formula is C19H29N3O4. The molecule has 2 heterocycles. The molecule has 1 aromatic rings. The lowest BCUT2D eigenvalue weighted by Crippen LogP contribution is -2.42. The molecular weight excluding hydrogens is 334 g/mol. The van der Waals surface area contributed by atoms with E-state index in [0.717, 1.165) is 38.0 Å². The molecule has 1 saturated heterocycles. The van der Waals surface area contributed by atoms with Gasteiger partial charge in [-0.2, -0.15) is 0 Å². The number of ether oxygens (including phenoxy) is 1. The average molecular weight is 363 g/mol. The number of hydrogen-bond acceptors (Lipinski definition) is 6. The summed E-state index contributed by atoms with van der Waals surface area (Å²) >= 11 is 0. The molecule has 0 radical (unpaired) electrons. The van der Waals surface area contributed by atoms with Gasteiger partial charge in [-0.3, -0.25) is 4.79 Å². The van der Waals surface area contributed by atoms with Crippen LogP contribution in [-0.4, -0.2) is 43.3 Å². The van der Waals surface area contributed by atoms with Crippen molar-refractivity contribution >= 4 is 11.9 Å². The van der Waals surface area contributed by atoms with Crippen molar-refractivity contribution < 1.29 is 18.8 Å². The van der Waals surface area contributed by atoms with E-state index in [9.17, 15) is 9.59 Å². The van der Waals surface area contributed by atoms with Gasteiger partial charge in [-0.05, 0) is 50.6 Å². The second-order valence-corrected chi connectivity index (χ2v) is 7.50. The van der Waals surface area contributed by atoms with Gasteiger partial charge in [-0.1, -0.05) is 24.4 Å². The summed E-state index contributed by atoms with van der Waals surface area (Å²) in [5.74, 6) is 0.394. The van der Waals surface area contributed by atoms with Crippen LogP contribution in [0.4, 0.5) is 0 Å². The molecule has 2 N–H and O–H groups in total. The molecule has 0 bridgehead atoms. The van der Waals surface area contributed by atoms with E-state index in [4.69, 9.17) is 4.52 Å². The van der Waals surface area contributed by atoms with Crippen molar-refractivity contribution in [2.45, 2.75) is 57.4 Å². The minimum absolute atomic E-state index is 0.123. The molecule has 2 fully saturated rings. The lowest BCUT2D eigenvalue weighted by molar-refractivity contribution is -0.123. The Morgan fingerprint density at radius 1 is 1.27 bits per heavy atom. The van der Waals surface area contributed by atoms with Crippen LogP contribution in [0.15, 0.2) is 10.6 Å². The van der Waals surface area contributed by atoms with Gasteiger partial charge >= 0.3 is 5.97 Å². The van der Waals surface area contributed by atoms with Gasteiger partial charge in [-0.25, -0.2) is 4.79 Å². The molecule has 1 aliphatic carbocycles. The van der Waals surface area contributed by atoms with Crippen molar-refractivity contribution in [2.75, 3.05) is 20.2 Å². The Balaban J connectivity index is 1.54. The summed E-state index contributed by atoms with van der Waals surface area (Å²) < 4.78 is 9.70. The van der Waals surface area contributed by atoms with Gasteiger partial charge in [0.25, 0.3) is 0 Å². The van der Waals surface area contributed by atoms with E-state index in [1.165, 1.54) is 26.4 Å². The van der Waals surface area contributed by atoms with Crippen LogP contribution in [0.2, 0.25) is 0 Å². The number of amides is 1. The highest BCUT2D eigenvalue weighted by molar-refractivity contribution is 5.86. The number of methoxy groups -OCH3 is 1. The number of esters is 1. The molecule has 26 heavy (non-hydrogen) atoms. The van der Waals surface area contributed by atoms with Crippen LogP contribution >= 0.6 is 0 Å². The first-order chi connectivity index (χ1) is 12.7. The SMILES string of the molecule is COC(=O)c1cc(CC2CNCCC2CC(=O)NC2CCCCC2)no1. The number of carbonyl (C=O) groups excluding carboxylic acids is 2. The standard InChI is InChI=1S/C19H29N3O4/c1-25-19(24)17-11-16(22-26-17)9-14-12-20-8-7-13(14)10-18(23)21-15-5-3-2-4-6-15/h11,13-15,20H,2-10,12H2,1H3,(H,21,23). The second kappa shape index (κ2) is 9.16. The monoisotopic (exact) mass is 363 g/mol. The minimum Gasteiger partial charge on any atom is -0.463 e. The van der Waals surface area contributed by atoms with Crippen molar-refractivity contribution in [1.82, 2.24) is 15.8 Å². The summed E-state index contributed by atoms with van der Waals surface area (Å²) in [5.41, 5.74) is 0.733. The van der Waals surface area contributed by atoms with Crippen LogP contribution in [0, 0.1) is 11.8 Å². The van der Waals surface area contributed by atoms with Crippen LogP contribution < -0.4 is 10.6 Å². The van der Waals surface area contributed by atoms with Crippen molar-refractivity contribution in [2.24, 2.45) is 11.8 Å². The maximum atomic E-state index is 12.5. The van der Waals surface area contributed by atoms with Crippen LogP contribution in [0.5, 0.6) is 0 Å². The number of nitrogens with one attached hydrogen (secondary N) is 2. The summed E-state index contributed by atoms with van der Waals surface area (Å²) in [7, 11) is 1.32. The van der Waals surface area contributed by atoms with E-state index >= 15 is 0 Å². The van der Waals surface area contributed by atoms with Gasteiger partial charge in [0.2, 0.25) is 11.7 Å². The highest BCUT2D eigenvalue weighted by Crippen LogP contribution is 2.27. The Kier molecular flexibility index (Phi) is 6.66. The third-order valence-corrected chi connectivity index (χ3v) is 5.60. The molecule has 2 atom stereocenters. The molecule has 2 unspecified atom stereocenters. The molecule has 0 spiro atoms. The van der Waals surface area contributed by atoms with Gasteiger partial charge in [0.1, 0.15) is 0 Å².